The smallest absolute Gasteiger partial charge is 0.306 e. The Balaban J connectivity index is 4.62. The van der Waals surface area contributed by atoms with Crippen LogP contribution in [0.1, 0.15) is 12.8 Å². The van der Waals surface area contributed by atoms with Gasteiger partial charge in [-0.25, -0.2) is 0 Å². The highest BCUT2D eigenvalue weighted by Gasteiger charge is 2.37. The maximum atomic E-state index is 10.7. The van der Waals surface area contributed by atoms with Crippen LogP contribution in [0.5, 0.6) is 0 Å². The van der Waals surface area contributed by atoms with Gasteiger partial charge in [-0.15, -0.1) is 0 Å². The summed E-state index contributed by atoms with van der Waals surface area (Å²) in [6, 6.07) is 0. The minimum absolute atomic E-state index is 0.915. The lowest BCUT2D eigenvalue weighted by Crippen LogP contribution is -2.40. The van der Waals surface area contributed by atoms with Crippen molar-refractivity contribution in [2.24, 2.45) is 0 Å². The van der Waals surface area contributed by atoms with Gasteiger partial charge in [-0.2, -0.15) is 0 Å². The van der Waals surface area contributed by atoms with Crippen molar-refractivity contribution in [3.63, 3.8) is 0 Å². The van der Waals surface area contributed by atoms with E-state index in [1.807, 2.05) is 0 Å². The topological polar surface area (TPSA) is 112 Å². The Labute approximate surface area is 75.8 Å². The van der Waals surface area contributed by atoms with E-state index < -0.39 is 35.9 Å². The summed E-state index contributed by atoms with van der Waals surface area (Å²) in [6.07, 6.45) is -1.83. The summed E-state index contributed by atoms with van der Waals surface area (Å²) in [5.74, 6) is -2.86. The highest BCUT2D eigenvalue weighted by molar-refractivity contribution is 7.40. The molecule has 0 spiro atoms. The number of aliphatic carboxylic acids is 2. The number of carbonyl (C=O) groups is 3. The van der Waals surface area contributed by atoms with E-state index in [-0.39, 0.29) is 0 Å². The summed E-state index contributed by atoms with van der Waals surface area (Å²) in [7, 11) is 1.57. The third kappa shape index (κ3) is 3.96. The number of carboxylic acid groups (broad SMARTS) is 2. The Morgan fingerprint density at radius 1 is 1.08 bits per heavy atom. The molecule has 7 heteroatoms. The molecule has 6 nitrogen and oxygen atoms in total. The molecule has 0 rings (SSSR count). The molecular weight excluding hydrogens is 199 g/mol. The zero-order valence-corrected chi connectivity index (χ0v) is 7.71. The van der Waals surface area contributed by atoms with Crippen molar-refractivity contribution in [1.29, 1.82) is 0 Å². The van der Waals surface area contributed by atoms with Crippen LogP contribution in [0.4, 0.5) is 0 Å². The molecular formula is C6H9O6P. The van der Waals surface area contributed by atoms with Crippen molar-refractivity contribution in [3.05, 3.63) is 0 Å². The van der Waals surface area contributed by atoms with Crippen LogP contribution in [0.2, 0.25) is 0 Å². The molecule has 0 aliphatic heterocycles. The minimum atomic E-state index is -2.33. The predicted octanol–water partition coefficient (Wildman–Crippen LogP) is -0.931. The molecule has 0 aliphatic carbocycles. The Hall–Kier alpha value is -1.00. The lowest BCUT2D eigenvalue weighted by atomic mass is 9.97. The Morgan fingerprint density at radius 2 is 1.38 bits per heavy atom. The minimum Gasteiger partial charge on any atom is -0.481 e. The standard InChI is InChI=1S/C6H9O6P/c7-3(8)1-6(12,5(11)13)2-4(9)10/h12H,1-2,13H2,(H,7,8)(H,9,10). The quantitative estimate of drug-likeness (QED) is 0.503. The van der Waals surface area contributed by atoms with Gasteiger partial charge in [0.15, 0.2) is 5.52 Å². The van der Waals surface area contributed by atoms with E-state index in [9.17, 15) is 19.5 Å². The lowest BCUT2D eigenvalue weighted by Gasteiger charge is -2.20. The average molecular weight is 208 g/mol. The monoisotopic (exact) mass is 208 g/mol. The van der Waals surface area contributed by atoms with Crippen LogP contribution in [-0.4, -0.2) is 38.4 Å². The van der Waals surface area contributed by atoms with Crippen LogP contribution in [-0.2, 0) is 14.4 Å². The first-order chi connectivity index (χ1) is 5.78. The van der Waals surface area contributed by atoms with Gasteiger partial charge < -0.3 is 15.3 Å². The van der Waals surface area contributed by atoms with Gasteiger partial charge in [0.1, 0.15) is 5.60 Å². The molecule has 0 heterocycles. The molecule has 0 aromatic rings. The zero-order chi connectivity index (χ0) is 10.6. The average Bonchev–Trinajstić information content (AvgIpc) is 1.82. The molecule has 0 saturated heterocycles. The van der Waals surface area contributed by atoms with E-state index in [1.54, 1.807) is 9.24 Å². The van der Waals surface area contributed by atoms with E-state index in [1.165, 1.54) is 0 Å². The Bertz CT molecular complexity index is 232. The van der Waals surface area contributed by atoms with Gasteiger partial charge in [0.2, 0.25) is 0 Å². The van der Waals surface area contributed by atoms with Crippen LogP contribution in [0.3, 0.4) is 0 Å². The third-order valence-electron chi connectivity index (χ3n) is 1.35. The molecule has 1 unspecified atom stereocenters. The first-order valence-corrected chi connectivity index (χ1v) is 3.81. The van der Waals surface area contributed by atoms with Gasteiger partial charge in [0.25, 0.3) is 0 Å². The van der Waals surface area contributed by atoms with Crippen molar-refractivity contribution < 1.29 is 29.7 Å². The number of carbonyl (C=O) groups excluding carboxylic acids is 1. The molecule has 0 aliphatic rings. The molecule has 0 saturated carbocycles. The highest BCUT2D eigenvalue weighted by Crippen LogP contribution is 2.20. The van der Waals surface area contributed by atoms with Gasteiger partial charge in [0.05, 0.1) is 12.8 Å². The van der Waals surface area contributed by atoms with Gasteiger partial charge in [-0.1, -0.05) is 9.24 Å². The Kier molecular flexibility index (Phi) is 3.97. The largest absolute Gasteiger partial charge is 0.481 e. The molecule has 0 amide bonds. The molecule has 3 N–H and O–H groups in total. The maximum Gasteiger partial charge on any atom is 0.306 e. The van der Waals surface area contributed by atoms with Gasteiger partial charge in [0, 0.05) is 0 Å². The zero-order valence-electron chi connectivity index (χ0n) is 6.56. The van der Waals surface area contributed by atoms with Gasteiger partial charge in [-0.05, 0) is 0 Å². The van der Waals surface area contributed by atoms with E-state index in [0.29, 0.717) is 0 Å². The number of aliphatic hydroxyl groups is 1. The molecule has 0 radical (unpaired) electrons. The number of rotatable bonds is 5. The van der Waals surface area contributed by atoms with Crippen LogP contribution in [0.15, 0.2) is 0 Å². The van der Waals surface area contributed by atoms with Crippen LogP contribution >= 0.6 is 9.24 Å². The van der Waals surface area contributed by atoms with Crippen molar-refractivity contribution in [3.8, 4) is 0 Å². The first-order valence-electron chi connectivity index (χ1n) is 3.24. The van der Waals surface area contributed by atoms with Gasteiger partial charge in [-0.3, -0.25) is 14.4 Å². The summed E-state index contributed by atoms with van der Waals surface area (Å²) in [4.78, 5) is 31.1. The van der Waals surface area contributed by atoms with Crippen LogP contribution in [0.25, 0.3) is 0 Å². The van der Waals surface area contributed by atoms with E-state index in [4.69, 9.17) is 10.2 Å². The first kappa shape index (κ1) is 12.0. The van der Waals surface area contributed by atoms with E-state index in [2.05, 4.69) is 0 Å². The summed E-state index contributed by atoms with van der Waals surface area (Å²) in [5, 5.41) is 25.9. The molecule has 0 aromatic heterocycles. The second-order valence-electron chi connectivity index (χ2n) is 2.54. The van der Waals surface area contributed by atoms with Crippen molar-refractivity contribution in [2.75, 3.05) is 0 Å². The van der Waals surface area contributed by atoms with Gasteiger partial charge >= 0.3 is 11.9 Å². The van der Waals surface area contributed by atoms with E-state index in [0.717, 1.165) is 0 Å². The molecule has 0 aromatic carbocycles. The van der Waals surface area contributed by atoms with Crippen molar-refractivity contribution >= 4 is 26.7 Å². The molecule has 0 bridgehead atoms. The normalized spacial score (nSPS) is 10.9. The Morgan fingerprint density at radius 3 is 1.54 bits per heavy atom. The van der Waals surface area contributed by atoms with Crippen LogP contribution in [0, 0.1) is 0 Å². The number of hydrogen-bond donors (Lipinski definition) is 3. The number of hydrogen-bond acceptors (Lipinski definition) is 4. The second kappa shape index (κ2) is 4.30. The predicted molar refractivity (Wildman–Crippen MR) is 44.2 cm³/mol. The van der Waals surface area contributed by atoms with Crippen molar-refractivity contribution in [2.45, 2.75) is 18.4 Å². The summed E-state index contributed by atoms with van der Waals surface area (Å²) in [5.41, 5.74) is -3.28. The molecule has 13 heavy (non-hydrogen) atoms. The number of carboxylic acids is 2. The fourth-order valence-electron chi connectivity index (χ4n) is 0.737. The van der Waals surface area contributed by atoms with Crippen LogP contribution < -0.4 is 0 Å². The molecule has 0 fully saturated rings. The fraction of sp³-hybridized carbons (Fsp3) is 0.500. The lowest BCUT2D eigenvalue weighted by molar-refractivity contribution is -0.154. The molecule has 1 atom stereocenters. The maximum absolute atomic E-state index is 10.7. The van der Waals surface area contributed by atoms with E-state index >= 15 is 0 Å². The molecule has 74 valence electrons. The summed E-state index contributed by atoms with van der Waals surface area (Å²) in [6.45, 7) is 0. The summed E-state index contributed by atoms with van der Waals surface area (Å²) < 4.78 is 0. The highest BCUT2D eigenvalue weighted by atomic mass is 31.0. The fourth-order valence-corrected chi connectivity index (χ4v) is 0.941. The van der Waals surface area contributed by atoms with Crippen molar-refractivity contribution in [1.82, 2.24) is 0 Å². The summed E-state index contributed by atoms with van der Waals surface area (Å²) >= 11 is 0. The third-order valence-corrected chi connectivity index (χ3v) is 1.88. The SMILES string of the molecule is O=C(O)CC(O)(CC(=O)O)C(=O)P. The second-order valence-corrected chi connectivity index (χ2v) is 3.06.